The minimum Gasteiger partial charge on any atom is -0.382 e. The topological polar surface area (TPSA) is 51.2 Å². The van der Waals surface area contributed by atoms with Crippen LogP contribution in [0.25, 0.3) is 10.9 Å². The molecule has 0 bridgehead atoms. The van der Waals surface area contributed by atoms with Crippen LogP contribution in [0.4, 0.5) is 0 Å². The van der Waals surface area contributed by atoms with Gasteiger partial charge in [-0.1, -0.05) is 31.0 Å². The second kappa shape index (κ2) is 5.82. The molecule has 1 aromatic carbocycles. The number of benzene rings is 1. The largest absolute Gasteiger partial charge is 0.382 e. The van der Waals surface area contributed by atoms with Crippen LogP contribution in [0, 0.1) is 0 Å². The third-order valence-electron chi connectivity index (χ3n) is 4.24. The number of carbonyl (C=O) groups is 1. The highest BCUT2D eigenvalue weighted by molar-refractivity contribution is 6.05. The highest BCUT2D eigenvalue weighted by Crippen LogP contribution is 2.30. The number of nitrogens with zero attached hydrogens (tertiary/aromatic N) is 1. The Morgan fingerprint density at radius 3 is 2.81 bits per heavy atom. The van der Waals surface area contributed by atoms with Gasteiger partial charge < -0.3 is 10.1 Å². The number of rotatable bonds is 4. The molecule has 1 aliphatic rings. The predicted octanol–water partition coefficient (Wildman–Crippen LogP) is 2.92. The van der Waals surface area contributed by atoms with Gasteiger partial charge in [0.25, 0.3) is 5.91 Å². The molecule has 0 atom stereocenters. The number of nitrogens with one attached hydrogen (secondary N) is 1. The Bertz CT molecular complexity index is 643. The average molecular weight is 284 g/mol. The summed E-state index contributed by atoms with van der Waals surface area (Å²) in [5, 5.41) is 4.18. The second-order valence-electron chi connectivity index (χ2n) is 5.76. The van der Waals surface area contributed by atoms with Crippen LogP contribution >= 0.6 is 0 Å². The SMILES string of the molecule is COCC1(NC(=O)c2cccc3cccnc23)CCCC1. The van der Waals surface area contributed by atoms with Crippen molar-refractivity contribution < 1.29 is 9.53 Å². The van der Waals surface area contributed by atoms with E-state index in [1.807, 2.05) is 30.3 Å². The molecule has 3 rings (SSSR count). The van der Waals surface area contributed by atoms with Crippen molar-refractivity contribution in [2.75, 3.05) is 13.7 Å². The van der Waals surface area contributed by atoms with Crippen LogP contribution in [0.1, 0.15) is 36.0 Å². The summed E-state index contributed by atoms with van der Waals surface area (Å²) in [6.07, 6.45) is 5.95. The quantitative estimate of drug-likeness (QED) is 0.939. The maximum Gasteiger partial charge on any atom is 0.254 e. The van der Waals surface area contributed by atoms with Gasteiger partial charge in [-0.15, -0.1) is 0 Å². The molecule has 1 amide bonds. The first-order valence-corrected chi connectivity index (χ1v) is 7.39. The standard InChI is InChI=1S/C17H20N2O2/c1-21-12-17(9-2-3-10-17)19-16(20)14-8-4-6-13-7-5-11-18-15(13)14/h4-8,11H,2-3,9-10,12H2,1H3,(H,19,20). The zero-order chi connectivity index (χ0) is 14.7. The van der Waals surface area contributed by atoms with Crippen molar-refractivity contribution in [1.82, 2.24) is 10.3 Å². The number of ether oxygens (including phenoxy) is 1. The number of fused-ring (bicyclic) bond motifs is 1. The van der Waals surface area contributed by atoms with Crippen LogP contribution < -0.4 is 5.32 Å². The van der Waals surface area contributed by atoms with Crippen LogP contribution in [0.2, 0.25) is 0 Å². The zero-order valence-corrected chi connectivity index (χ0v) is 12.3. The molecule has 1 fully saturated rings. The van der Waals surface area contributed by atoms with E-state index in [0.29, 0.717) is 12.2 Å². The number of methoxy groups -OCH3 is 1. The van der Waals surface area contributed by atoms with Crippen molar-refractivity contribution in [1.29, 1.82) is 0 Å². The lowest BCUT2D eigenvalue weighted by atomic mass is 9.97. The van der Waals surface area contributed by atoms with Gasteiger partial charge in [-0.3, -0.25) is 9.78 Å². The summed E-state index contributed by atoms with van der Waals surface area (Å²) in [5.74, 6) is -0.0572. The van der Waals surface area contributed by atoms with E-state index < -0.39 is 0 Å². The van der Waals surface area contributed by atoms with Crippen molar-refractivity contribution in [2.45, 2.75) is 31.2 Å². The maximum absolute atomic E-state index is 12.7. The number of carbonyl (C=O) groups excluding carboxylic acids is 1. The molecule has 1 N–H and O–H groups in total. The average Bonchev–Trinajstić information content (AvgIpc) is 2.95. The summed E-state index contributed by atoms with van der Waals surface area (Å²) in [6, 6.07) is 9.56. The van der Waals surface area contributed by atoms with E-state index in [-0.39, 0.29) is 11.4 Å². The van der Waals surface area contributed by atoms with Crippen LogP contribution in [0.5, 0.6) is 0 Å². The first kappa shape index (κ1) is 14.0. The van der Waals surface area contributed by atoms with Gasteiger partial charge in [-0.2, -0.15) is 0 Å². The molecule has 4 nitrogen and oxygen atoms in total. The number of para-hydroxylation sites is 1. The summed E-state index contributed by atoms with van der Waals surface area (Å²) >= 11 is 0. The molecular formula is C17H20N2O2. The Hall–Kier alpha value is -1.94. The number of aromatic nitrogens is 1. The summed E-state index contributed by atoms with van der Waals surface area (Å²) in [6.45, 7) is 0.566. The first-order chi connectivity index (χ1) is 10.2. The van der Waals surface area contributed by atoms with E-state index in [4.69, 9.17) is 4.74 Å². The minimum absolute atomic E-state index is 0.0572. The fraction of sp³-hybridized carbons (Fsp3) is 0.412. The fourth-order valence-electron chi connectivity index (χ4n) is 3.23. The third-order valence-corrected chi connectivity index (χ3v) is 4.24. The number of hydrogen-bond acceptors (Lipinski definition) is 3. The van der Waals surface area contributed by atoms with Crippen LogP contribution in [-0.2, 0) is 4.74 Å². The van der Waals surface area contributed by atoms with Gasteiger partial charge in [0, 0.05) is 18.7 Å². The lowest BCUT2D eigenvalue weighted by Gasteiger charge is -2.29. The molecule has 0 spiro atoms. The maximum atomic E-state index is 12.7. The smallest absolute Gasteiger partial charge is 0.254 e. The zero-order valence-electron chi connectivity index (χ0n) is 12.3. The molecule has 1 aliphatic carbocycles. The lowest BCUT2D eigenvalue weighted by Crippen LogP contribution is -2.49. The molecule has 1 saturated carbocycles. The van der Waals surface area contributed by atoms with Gasteiger partial charge in [-0.05, 0) is 25.0 Å². The monoisotopic (exact) mass is 284 g/mol. The van der Waals surface area contributed by atoms with Crippen LogP contribution in [-0.4, -0.2) is 30.1 Å². The molecule has 1 heterocycles. The molecule has 21 heavy (non-hydrogen) atoms. The lowest BCUT2D eigenvalue weighted by molar-refractivity contribution is 0.0768. The Morgan fingerprint density at radius 1 is 1.29 bits per heavy atom. The summed E-state index contributed by atoms with van der Waals surface area (Å²) in [5.41, 5.74) is 1.17. The Morgan fingerprint density at radius 2 is 2.05 bits per heavy atom. The number of amides is 1. The van der Waals surface area contributed by atoms with Crippen molar-refractivity contribution in [2.24, 2.45) is 0 Å². The van der Waals surface area contributed by atoms with Gasteiger partial charge in [0.2, 0.25) is 0 Å². The van der Waals surface area contributed by atoms with E-state index in [1.54, 1.807) is 13.3 Å². The van der Waals surface area contributed by atoms with Crippen LogP contribution in [0.3, 0.4) is 0 Å². The first-order valence-electron chi connectivity index (χ1n) is 7.39. The second-order valence-corrected chi connectivity index (χ2v) is 5.76. The molecule has 4 heteroatoms. The molecule has 0 unspecified atom stereocenters. The summed E-state index contributed by atoms with van der Waals surface area (Å²) < 4.78 is 5.32. The number of pyridine rings is 1. The fourth-order valence-corrected chi connectivity index (χ4v) is 3.23. The third kappa shape index (κ3) is 2.76. The van der Waals surface area contributed by atoms with Crippen LogP contribution in [0.15, 0.2) is 36.5 Å². The van der Waals surface area contributed by atoms with E-state index in [2.05, 4.69) is 10.3 Å². The van der Waals surface area contributed by atoms with E-state index in [1.165, 1.54) is 0 Å². The molecule has 0 saturated heterocycles. The van der Waals surface area contributed by atoms with E-state index in [0.717, 1.165) is 36.6 Å². The van der Waals surface area contributed by atoms with Crippen molar-refractivity contribution in [3.05, 3.63) is 42.1 Å². The van der Waals surface area contributed by atoms with Gasteiger partial charge in [-0.25, -0.2) is 0 Å². The molecule has 1 aromatic heterocycles. The summed E-state index contributed by atoms with van der Waals surface area (Å²) in [7, 11) is 1.69. The van der Waals surface area contributed by atoms with Gasteiger partial charge in [0.1, 0.15) is 0 Å². The van der Waals surface area contributed by atoms with Gasteiger partial charge in [0.05, 0.1) is 23.2 Å². The normalized spacial score (nSPS) is 17.0. The molecule has 0 aliphatic heterocycles. The Labute approximate surface area is 124 Å². The van der Waals surface area contributed by atoms with E-state index in [9.17, 15) is 4.79 Å². The Kier molecular flexibility index (Phi) is 3.88. The molecule has 2 aromatic rings. The molecular weight excluding hydrogens is 264 g/mol. The highest BCUT2D eigenvalue weighted by atomic mass is 16.5. The molecule has 110 valence electrons. The molecule has 0 radical (unpaired) electrons. The van der Waals surface area contributed by atoms with Gasteiger partial charge in [0.15, 0.2) is 0 Å². The summed E-state index contributed by atoms with van der Waals surface area (Å²) in [4.78, 5) is 17.0. The highest BCUT2D eigenvalue weighted by Gasteiger charge is 2.35. The minimum atomic E-state index is -0.219. The Balaban J connectivity index is 1.90. The van der Waals surface area contributed by atoms with Crippen molar-refractivity contribution >= 4 is 16.8 Å². The predicted molar refractivity (Wildman–Crippen MR) is 82.3 cm³/mol. The van der Waals surface area contributed by atoms with Crippen molar-refractivity contribution in [3.63, 3.8) is 0 Å². The van der Waals surface area contributed by atoms with E-state index >= 15 is 0 Å². The number of hydrogen-bond donors (Lipinski definition) is 1. The van der Waals surface area contributed by atoms with Crippen molar-refractivity contribution in [3.8, 4) is 0 Å². The van der Waals surface area contributed by atoms with Gasteiger partial charge >= 0.3 is 0 Å².